The molecular weight excluding hydrogens is 550 g/mol. The zero-order valence-corrected chi connectivity index (χ0v) is 23.5. The van der Waals surface area contributed by atoms with Crippen LogP contribution in [-0.2, 0) is 4.79 Å². The van der Waals surface area contributed by atoms with Crippen LogP contribution in [0.25, 0.3) is 6.08 Å². The molecule has 0 spiro atoms. The lowest BCUT2D eigenvalue weighted by molar-refractivity contribution is -0.113. The summed E-state index contributed by atoms with van der Waals surface area (Å²) in [5.74, 6) is 0.361. The molecule has 1 aliphatic rings. The first-order valence-corrected chi connectivity index (χ1v) is 13.7. The Morgan fingerprint density at radius 2 is 1.93 bits per heavy atom. The van der Waals surface area contributed by atoms with E-state index < -0.39 is 11.9 Å². The van der Waals surface area contributed by atoms with Crippen molar-refractivity contribution in [2.45, 2.75) is 19.9 Å². The van der Waals surface area contributed by atoms with Crippen molar-refractivity contribution in [3.05, 3.63) is 114 Å². The van der Waals surface area contributed by atoms with Crippen molar-refractivity contribution in [2.75, 3.05) is 19.0 Å². The fraction of sp³-hybridized carbons (Fsp3) is 0.167. The van der Waals surface area contributed by atoms with Gasteiger partial charge in [0.25, 0.3) is 11.5 Å². The van der Waals surface area contributed by atoms with Gasteiger partial charge in [-0.05, 0) is 68.0 Å². The van der Waals surface area contributed by atoms with Gasteiger partial charge in [-0.25, -0.2) is 4.99 Å². The molecule has 0 bridgehead atoms. The molecule has 1 aromatic heterocycles. The quantitative estimate of drug-likeness (QED) is 0.334. The van der Waals surface area contributed by atoms with Crippen molar-refractivity contribution in [2.24, 2.45) is 4.99 Å². The van der Waals surface area contributed by atoms with E-state index in [0.717, 1.165) is 0 Å². The maximum Gasteiger partial charge on any atom is 0.271 e. The fourth-order valence-electron chi connectivity index (χ4n) is 4.57. The Kier molecular flexibility index (Phi) is 7.77. The average molecular weight is 576 g/mol. The number of thiazole rings is 1. The number of phenols is 1. The maximum absolute atomic E-state index is 14.0. The number of aromatic hydroxyl groups is 1. The van der Waals surface area contributed by atoms with Gasteiger partial charge in [0.2, 0.25) is 0 Å². The highest BCUT2D eigenvalue weighted by Gasteiger charge is 2.33. The van der Waals surface area contributed by atoms with Crippen molar-refractivity contribution in [3.63, 3.8) is 0 Å². The molecule has 204 valence electrons. The van der Waals surface area contributed by atoms with Crippen LogP contribution in [0.1, 0.15) is 31.0 Å². The lowest BCUT2D eigenvalue weighted by atomic mass is 9.94. The Morgan fingerprint density at radius 1 is 1.15 bits per heavy atom. The molecule has 2 N–H and O–H groups in total. The number of fused-ring (bicyclic) bond motifs is 1. The minimum atomic E-state index is -0.831. The normalized spacial score (nSPS) is 14.9. The number of halogens is 1. The van der Waals surface area contributed by atoms with Gasteiger partial charge in [0.05, 0.1) is 35.6 Å². The Balaban J connectivity index is 1.71. The highest BCUT2D eigenvalue weighted by molar-refractivity contribution is 7.07. The maximum atomic E-state index is 14.0. The molecule has 0 unspecified atom stereocenters. The van der Waals surface area contributed by atoms with Crippen LogP contribution in [0.15, 0.2) is 87.8 Å². The van der Waals surface area contributed by atoms with Crippen molar-refractivity contribution in [3.8, 4) is 17.2 Å². The number of ether oxygens (including phenoxy) is 2. The number of hydrogen-bond donors (Lipinski definition) is 2. The van der Waals surface area contributed by atoms with Crippen LogP contribution in [0, 0.1) is 0 Å². The molecule has 0 saturated heterocycles. The topological polar surface area (TPSA) is 102 Å². The smallest absolute Gasteiger partial charge is 0.271 e. The Bertz CT molecular complexity index is 1810. The van der Waals surface area contributed by atoms with Gasteiger partial charge in [-0.1, -0.05) is 47.2 Å². The van der Waals surface area contributed by atoms with Gasteiger partial charge in [-0.15, -0.1) is 0 Å². The highest BCUT2D eigenvalue weighted by atomic mass is 35.5. The third-order valence-electron chi connectivity index (χ3n) is 6.38. The predicted molar refractivity (Wildman–Crippen MR) is 156 cm³/mol. The van der Waals surface area contributed by atoms with Crippen LogP contribution in [0.2, 0.25) is 5.02 Å². The number of para-hydroxylation sites is 1. The molecule has 8 nitrogen and oxygen atoms in total. The van der Waals surface area contributed by atoms with Gasteiger partial charge in [-0.2, -0.15) is 0 Å². The van der Waals surface area contributed by atoms with Crippen molar-refractivity contribution < 1.29 is 19.4 Å². The van der Waals surface area contributed by atoms with E-state index in [9.17, 15) is 14.7 Å². The summed E-state index contributed by atoms with van der Waals surface area (Å²) in [5.41, 5.74) is 2.27. The van der Waals surface area contributed by atoms with E-state index in [4.69, 9.17) is 21.1 Å². The minimum absolute atomic E-state index is 0.0564. The number of hydrogen-bond acceptors (Lipinski definition) is 7. The average Bonchev–Trinajstić information content (AvgIpc) is 3.24. The van der Waals surface area contributed by atoms with Crippen molar-refractivity contribution in [1.82, 2.24) is 4.57 Å². The summed E-state index contributed by atoms with van der Waals surface area (Å²) >= 11 is 7.46. The minimum Gasteiger partial charge on any atom is -0.504 e. The van der Waals surface area contributed by atoms with E-state index in [1.807, 2.05) is 25.1 Å². The van der Waals surface area contributed by atoms with Gasteiger partial charge >= 0.3 is 0 Å². The zero-order valence-electron chi connectivity index (χ0n) is 22.0. The lowest BCUT2D eigenvalue weighted by Gasteiger charge is -2.25. The fourth-order valence-corrected chi connectivity index (χ4v) is 5.79. The number of allylic oxidation sites excluding steroid dienone is 1. The van der Waals surface area contributed by atoms with E-state index in [1.165, 1.54) is 29.1 Å². The molecule has 0 saturated carbocycles. The van der Waals surface area contributed by atoms with Crippen LogP contribution < -0.4 is 29.7 Å². The lowest BCUT2D eigenvalue weighted by Crippen LogP contribution is -2.40. The van der Waals surface area contributed by atoms with E-state index in [2.05, 4.69) is 10.3 Å². The summed E-state index contributed by atoms with van der Waals surface area (Å²) in [7, 11) is 1.44. The van der Waals surface area contributed by atoms with Gasteiger partial charge < -0.3 is 19.9 Å². The summed E-state index contributed by atoms with van der Waals surface area (Å²) in [6.07, 6.45) is 1.72. The summed E-state index contributed by atoms with van der Waals surface area (Å²) < 4.78 is 13.0. The van der Waals surface area contributed by atoms with E-state index in [1.54, 1.807) is 55.5 Å². The van der Waals surface area contributed by atoms with Crippen LogP contribution in [0.3, 0.4) is 0 Å². The number of aromatic nitrogens is 1. The number of rotatable bonds is 7. The number of nitrogens with zero attached hydrogens (tertiary/aromatic N) is 2. The Labute approximate surface area is 239 Å². The number of benzene rings is 3. The number of carbonyl (C=O) groups excluding carboxylic acids is 1. The second kappa shape index (κ2) is 11.4. The number of nitrogens with one attached hydrogen (secondary N) is 1. The van der Waals surface area contributed by atoms with E-state index in [-0.39, 0.29) is 17.1 Å². The number of anilines is 1. The molecule has 5 rings (SSSR count). The van der Waals surface area contributed by atoms with Crippen LogP contribution in [0.4, 0.5) is 5.69 Å². The molecule has 40 heavy (non-hydrogen) atoms. The first kappa shape index (κ1) is 27.2. The van der Waals surface area contributed by atoms with Crippen LogP contribution in [-0.4, -0.2) is 29.3 Å². The van der Waals surface area contributed by atoms with Crippen molar-refractivity contribution >= 4 is 40.6 Å². The molecule has 0 aliphatic carbocycles. The molecular formula is C30H26ClN3O5S. The molecule has 1 amide bonds. The molecule has 3 aromatic carbocycles. The SMILES string of the molecule is CCOc1ccc(Cl)cc1/C=c1\sc2n(c1=O)[C@H](c1ccc(O)c(OC)c1)C(C(=O)Nc1ccccc1)=C(C)N=2. The standard InChI is InChI=1S/C30H26ClN3O5S/c1-4-39-23-13-11-20(31)14-19(23)16-25-29(37)34-27(18-10-12-22(35)24(15-18)38-3)26(17(2)32-30(34)40-25)28(36)33-21-8-6-5-7-9-21/h5-16,27,35H,4H2,1-3H3,(H,33,36)/b25-16-/t27-/m1/s1. The van der Waals surface area contributed by atoms with Crippen LogP contribution >= 0.6 is 22.9 Å². The largest absolute Gasteiger partial charge is 0.504 e. The molecule has 0 fully saturated rings. The Morgan fingerprint density at radius 3 is 2.65 bits per heavy atom. The molecule has 1 atom stereocenters. The second-order valence-electron chi connectivity index (χ2n) is 8.95. The predicted octanol–water partition coefficient (Wildman–Crippen LogP) is 4.64. The van der Waals surface area contributed by atoms with Gasteiger partial charge in [0.15, 0.2) is 16.3 Å². The molecule has 4 aromatic rings. The third-order valence-corrected chi connectivity index (χ3v) is 7.59. The molecule has 2 heterocycles. The first-order chi connectivity index (χ1) is 19.3. The van der Waals surface area contributed by atoms with E-state index in [0.29, 0.717) is 54.8 Å². The molecule has 10 heteroatoms. The number of amides is 1. The summed E-state index contributed by atoms with van der Waals surface area (Å²) in [6, 6.07) is 18.2. The number of carbonyl (C=O) groups is 1. The second-order valence-corrected chi connectivity index (χ2v) is 10.4. The summed E-state index contributed by atoms with van der Waals surface area (Å²) in [5, 5.41) is 13.7. The van der Waals surface area contributed by atoms with E-state index >= 15 is 0 Å². The Hall–Kier alpha value is -4.34. The first-order valence-electron chi connectivity index (χ1n) is 12.5. The van der Waals surface area contributed by atoms with Gasteiger partial charge in [-0.3, -0.25) is 14.2 Å². The van der Waals surface area contributed by atoms with Crippen molar-refractivity contribution in [1.29, 1.82) is 0 Å². The highest BCUT2D eigenvalue weighted by Crippen LogP contribution is 2.35. The number of phenolic OH excluding ortho intramolecular Hbond substituents is 1. The summed E-state index contributed by atoms with van der Waals surface area (Å²) in [6.45, 7) is 4.07. The molecule has 1 aliphatic heterocycles. The number of methoxy groups -OCH3 is 1. The summed E-state index contributed by atoms with van der Waals surface area (Å²) in [4.78, 5) is 32.8. The van der Waals surface area contributed by atoms with Gasteiger partial charge in [0.1, 0.15) is 5.75 Å². The third kappa shape index (κ3) is 5.25. The monoisotopic (exact) mass is 575 g/mol. The van der Waals surface area contributed by atoms with Gasteiger partial charge in [0, 0.05) is 16.3 Å². The zero-order chi connectivity index (χ0) is 28.4. The molecule has 0 radical (unpaired) electrons. The van der Waals surface area contributed by atoms with Crippen LogP contribution in [0.5, 0.6) is 17.2 Å².